The molecule has 7 heteroatoms. The van der Waals surface area contributed by atoms with Crippen molar-refractivity contribution in [2.24, 2.45) is 0 Å². The molecule has 33 heavy (non-hydrogen) atoms. The molecule has 1 aliphatic carbocycles. The Balaban J connectivity index is 1.25. The molecule has 1 aromatic heterocycles. The predicted octanol–water partition coefficient (Wildman–Crippen LogP) is 1.97. The number of carbonyl (C=O) groups is 2. The number of carboxylic acid groups (broad SMARTS) is 1. The van der Waals surface area contributed by atoms with Crippen LogP contribution in [0.4, 0.5) is 0 Å². The van der Waals surface area contributed by atoms with Crippen LogP contribution in [0, 0.1) is 0 Å². The van der Waals surface area contributed by atoms with Crippen molar-refractivity contribution in [2.45, 2.75) is 37.5 Å². The van der Waals surface area contributed by atoms with Gasteiger partial charge in [-0.25, -0.2) is 4.79 Å². The molecule has 0 saturated carbocycles. The first-order valence-corrected chi connectivity index (χ1v) is 11.2. The SMILES string of the molecule is O=C(COc1ccc2c3c(c(=O)oc2c1)CCC3)N1CCC(C(=O)[O-])(c2ccccc2)CC1. The van der Waals surface area contributed by atoms with E-state index < -0.39 is 11.4 Å². The fraction of sp³-hybridized carbons (Fsp3) is 0.346. The van der Waals surface area contributed by atoms with Gasteiger partial charge in [-0.2, -0.15) is 0 Å². The maximum Gasteiger partial charge on any atom is 0.339 e. The second-order valence-corrected chi connectivity index (χ2v) is 8.76. The monoisotopic (exact) mass is 446 g/mol. The minimum atomic E-state index is -1.11. The number of aliphatic carboxylic acids is 1. The number of benzene rings is 2. The van der Waals surface area contributed by atoms with E-state index in [0.717, 1.165) is 35.8 Å². The van der Waals surface area contributed by atoms with Crippen LogP contribution in [0.15, 0.2) is 57.7 Å². The largest absolute Gasteiger partial charge is 0.549 e. The quantitative estimate of drug-likeness (QED) is 0.556. The van der Waals surface area contributed by atoms with Crippen LogP contribution in [0.5, 0.6) is 5.75 Å². The number of piperidine rings is 1. The molecule has 2 aliphatic rings. The molecule has 0 spiro atoms. The topological polar surface area (TPSA) is 99.9 Å². The number of carboxylic acids is 1. The van der Waals surface area contributed by atoms with Gasteiger partial charge in [-0.3, -0.25) is 4.79 Å². The third-order valence-electron chi connectivity index (χ3n) is 6.99. The average Bonchev–Trinajstić information content (AvgIpc) is 3.34. The Morgan fingerprint density at radius 2 is 1.76 bits per heavy atom. The number of aryl methyl sites for hydroxylation is 1. The summed E-state index contributed by atoms with van der Waals surface area (Å²) in [6, 6.07) is 14.4. The van der Waals surface area contributed by atoms with Gasteiger partial charge in [0.25, 0.3) is 5.91 Å². The zero-order chi connectivity index (χ0) is 23.0. The van der Waals surface area contributed by atoms with Crippen molar-refractivity contribution >= 4 is 22.8 Å². The Hall–Kier alpha value is -3.61. The molecule has 0 unspecified atom stereocenters. The molecule has 2 aromatic carbocycles. The van der Waals surface area contributed by atoms with E-state index >= 15 is 0 Å². The van der Waals surface area contributed by atoms with Crippen molar-refractivity contribution in [3.8, 4) is 5.75 Å². The second-order valence-electron chi connectivity index (χ2n) is 8.76. The van der Waals surface area contributed by atoms with Crippen LogP contribution in [0.3, 0.4) is 0 Å². The van der Waals surface area contributed by atoms with E-state index in [0.29, 0.717) is 30.0 Å². The van der Waals surface area contributed by atoms with Crippen LogP contribution in [-0.2, 0) is 27.8 Å². The molecule has 0 bridgehead atoms. The fourth-order valence-corrected chi connectivity index (χ4v) is 5.10. The highest BCUT2D eigenvalue weighted by molar-refractivity contribution is 5.84. The summed E-state index contributed by atoms with van der Waals surface area (Å²) in [7, 11) is 0. The number of amides is 1. The molecule has 1 saturated heterocycles. The van der Waals surface area contributed by atoms with E-state index in [9.17, 15) is 19.5 Å². The van der Waals surface area contributed by atoms with Gasteiger partial charge in [0.2, 0.25) is 0 Å². The first-order chi connectivity index (χ1) is 16.0. The summed E-state index contributed by atoms with van der Waals surface area (Å²) in [5.41, 5.74) is 1.59. The van der Waals surface area contributed by atoms with E-state index in [4.69, 9.17) is 9.15 Å². The van der Waals surface area contributed by atoms with Gasteiger partial charge in [-0.15, -0.1) is 0 Å². The zero-order valence-corrected chi connectivity index (χ0v) is 18.2. The summed E-state index contributed by atoms with van der Waals surface area (Å²) in [5.74, 6) is -0.881. The summed E-state index contributed by atoms with van der Waals surface area (Å²) in [6.07, 6.45) is 3.14. The van der Waals surface area contributed by atoms with Gasteiger partial charge < -0.3 is 24.0 Å². The smallest absolute Gasteiger partial charge is 0.339 e. The van der Waals surface area contributed by atoms with Crippen LogP contribution in [0.1, 0.15) is 36.0 Å². The third-order valence-corrected chi connectivity index (χ3v) is 6.99. The van der Waals surface area contributed by atoms with Crippen molar-refractivity contribution in [3.63, 3.8) is 0 Å². The Bertz CT molecular complexity index is 1270. The summed E-state index contributed by atoms with van der Waals surface area (Å²) in [5, 5.41) is 12.9. The van der Waals surface area contributed by atoms with E-state index in [1.165, 1.54) is 0 Å². The van der Waals surface area contributed by atoms with Gasteiger partial charge in [-0.05, 0) is 55.4 Å². The van der Waals surface area contributed by atoms with Crippen molar-refractivity contribution in [2.75, 3.05) is 19.7 Å². The van der Waals surface area contributed by atoms with Crippen molar-refractivity contribution in [1.29, 1.82) is 0 Å². The molecule has 3 aromatic rings. The number of likely N-dealkylation sites (tertiary alicyclic amines) is 1. The molecule has 1 aliphatic heterocycles. The molecular formula is C26H24NO6-. The number of hydrogen-bond acceptors (Lipinski definition) is 6. The van der Waals surface area contributed by atoms with Crippen LogP contribution >= 0.6 is 0 Å². The highest BCUT2D eigenvalue weighted by Gasteiger charge is 2.38. The van der Waals surface area contributed by atoms with E-state index in [1.807, 2.05) is 24.3 Å². The summed E-state index contributed by atoms with van der Waals surface area (Å²) in [6.45, 7) is 0.442. The van der Waals surface area contributed by atoms with E-state index in [2.05, 4.69) is 0 Å². The molecule has 0 atom stereocenters. The van der Waals surface area contributed by atoms with Gasteiger partial charge in [0.15, 0.2) is 6.61 Å². The lowest BCUT2D eigenvalue weighted by Crippen LogP contribution is -2.54. The Labute approximate surface area is 190 Å². The second kappa shape index (κ2) is 8.39. The van der Waals surface area contributed by atoms with Crippen LogP contribution in [0.25, 0.3) is 11.0 Å². The third kappa shape index (κ3) is 3.77. The minimum absolute atomic E-state index is 0.176. The lowest BCUT2D eigenvalue weighted by molar-refractivity contribution is -0.315. The highest BCUT2D eigenvalue weighted by Crippen LogP contribution is 2.35. The summed E-state index contributed by atoms with van der Waals surface area (Å²) >= 11 is 0. The fourth-order valence-electron chi connectivity index (χ4n) is 5.10. The Morgan fingerprint density at radius 1 is 1.03 bits per heavy atom. The van der Waals surface area contributed by atoms with Crippen molar-refractivity contribution in [1.82, 2.24) is 4.90 Å². The number of ether oxygens (including phenoxy) is 1. The standard InChI is InChI=1S/C26H25NO6/c28-23(27-13-11-26(12-14-27,25(30)31)17-5-2-1-3-6-17)16-32-18-9-10-20-19-7-4-8-21(19)24(29)33-22(20)15-18/h1-3,5-6,9-10,15H,4,7-8,11-14,16H2,(H,30,31)/p-1. The van der Waals surface area contributed by atoms with Crippen molar-refractivity contribution < 1.29 is 23.8 Å². The lowest BCUT2D eigenvalue weighted by Gasteiger charge is -2.42. The molecule has 7 nitrogen and oxygen atoms in total. The van der Waals surface area contributed by atoms with Gasteiger partial charge in [0.05, 0.1) is 5.97 Å². The number of carbonyl (C=O) groups excluding carboxylic acids is 2. The van der Waals surface area contributed by atoms with Crippen LogP contribution in [-0.4, -0.2) is 36.5 Å². The summed E-state index contributed by atoms with van der Waals surface area (Å²) < 4.78 is 11.2. The molecule has 0 radical (unpaired) electrons. The van der Waals surface area contributed by atoms with E-state index in [1.54, 1.807) is 29.2 Å². The maximum atomic E-state index is 12.7. The molecular weight excluding hydrogens is 422 g/mol. The molecule has 0 N–H and O–H groups in total. The van der Waals surface area contributed by atoms with Crippen LogP contribution < -0.4 is 15.5 Å². The number of hydrogen-bond donors (Lipinski definition) is 0. The number of nitrogens with zero attached hydrogens (tertiary/aromatic N) is 1. The number of fused-ring (bicyclic) bond motifs is 3. The van der Waals surface area contributed by atoms with Gasteiger partial charge >= 0.3 is 5.63 Å². The molecule has 2 heterocycles. The molecule has 170 valence electrons. The average molecular weight is 446 g/mol. The molecule has 1 amide bonds. The first-order valence-electron chi connectivity index (χ1n) is 11.2. The Morgan fingerprint density at radius 3 is 2.48 bits per heavy atom. The maximum absolute atomic E-state index is 12.7. The first kappa shape index (κ1) is 21.2. The van der Waals surface area contributed by atoms with E-state index in [-0.39, 0.29) is 31.0 Å². The molecule has 5 rings (SSSR count). The normalized spacial score (nSPS) is 17.0. The minimum Gasteiger partial charge on any atom is -0.549 e. The highest BCUT2D eigenvalue weighted by atomic mass is 16.5. The Kier molecular flexibility index (Phi) is 5.40. The molecule has 1 fully saturated rings. The van der Waals surface area contributed by atoms with Crippen molar-refractivity contribution in [3.05, 3.63) is 75.6 Å². The van der Waals surface area contributed by atoms with Gasteiger partial charge in [-0.1, -0.05) is 30.3 Å². The lowest BCUT2D eigenvalue weighted by atomic mass is 9.73. The van der Waals surface area contributed by atoms with Gasteiger partial charge in [0.1, 0.15) is 11.3 Å². The summed E-state index contributed by atoms with van der Waals surface area (Å²) in [4.78, 5) is 38.5. The predicted molar refractivity (Wildman–Crippen MR) is 119 cm³/mol. The zero-order valence-electron chi connectivity index (χ0n) is 18.2. The van der Waals surface area contributed by atoms with Crippen LogP contribution in [0.2, 0.25) is 0 Å². The van der Waals surface area contributed by atoms with Gasteiger partial charge in [0, 0.05) is 35.5 Å². The number of rotatable bonds is 5.